The third kappa shape index (κ3) is 2.27. The van der Waals surface area contributed by atoms with Crippen molar-refractivity contribution in [3.8, 4) is 0 Å². The topological polar surface area (TPSA) is 38.5 Å². The Morgan fingerprint density at radius 1 is 1.21 bits per heavy atom. The Balaban J connectivity index is 1.87. The minimum atomic E-state index is 0.767. The van der Waals surface area contributed by atoms with Gasteiger partial charge < -0.3 is 10.5 Å². The van der Waals surface area contributed by atoms with Crippen molar-refractivity contribution in [2.24, 2.45) is 5.73 Å². The van der Waals surface area contributed by atoms with Gasteiger partial charge in [0.25, 0.3) is 0 Å². The first-order valence-corrected chi connectivity index (χ1v) is 5.95. The van der Waals surface area contributed by atoms with E-state index < -0.39 is 0 Å². The molecule has 0 spiro atoms. The van der Waals surface area contributed by atoms with E-state index in [0.29, 0.717) is 0 Å². The summed E-state index contributed by atoms with van der Waals surface area (Å²) in [5, 5.41) is 0. The van der Waals surface area contributed by atoms with E-state index in [1.54, 1.807) is 0 Å². The van der Waals surface area contributed by atoms with E-state index in [1.807, 2.05) is 0 Å². The SMILES string of the molecule is NCC[C@@H]1CCCN1C1CCOCC1. The fourth-order valence-electron chi connectivity index (χ4n) is 2.86. The van der Waals surface area contributed by atoms with Crippen molar-refractivity contribution in [2.75, 3.05) is 26.3 Å². The van der Waals surface area contributed by atoms with Crippen LogP contribution in [-0.4, -0.2) is 43.3 Å². The van der Waals surface area contributed by atoms with Gasteiger partial charge in [-0.1, -0.05) is 0 Å². The third-order valence-electron chi connectivity index (χ3n) is 3.58. The molecule has 0 aromatic carbocycles. The van der Waals surface area contributed by atoms with E-state index >= 15 is 0 Å². The van der Waals surface area contributed by atoms with Crippen LogP contribution in [0.5, 0.6) is 0 Å². The first-order chi connectivity index (χ1) is 6.92. The molecule has 0 bridgehead atoms. The van der Waals surface area contributed by atoms with Gasteiger partial charge >= 0.3 is 0 Å². The van der Waals surface area contributed by atoms with Gasteiger partial charge in [0.05, 0.1) is 0 Å². The molecule has 0 aromatic rings. The monoisotopic (exact) mass is 198 g/mol. The van der Waals surface area contributed by atoms with Gasteiger partial charge in [-0.3, -0.25) is 4.90 Å². The zero-order chi connectivity index (χ0) is 9.80. The van der Waals surface area contributed by atoms with Gasteiger partial charge in [-0.15, -0.1) is 0 Å². The van der Waals surface area contributed by atoms with Gasteiger partial charge in [-0.2, -0.15) is 0 Å². The Morgan fingerprint density at radius 3 is 2.71 bits per heavy atom. The maximum atomic E-state index is 5.65. The molecule has 0 amide bonds. The summed E-state index contributed by atoms with van der Waals surface area (Å²) in [6, 6.07) is 1.55. The quantitative estimate of drug-likeness (QED) is 0.734. The van der Waals surface area contributed by atoms with Crippen LogP contribution < -0.4 is 5.73 Å². The van der Waals surface area contributed by atoms with Crippen molar-refractivity contribution in [2.45, 2.75) is 44.2 Å². The van der Waals surface area contributed by atoms with Crippen LogP contribution in [0.15, 0.2) is 0 Å². The highest BCUT2D eigenvalue weighted by Crippen LogP contribution is 2.26. The molecule has 2 heterocycles. The van der Waals surface area contributed by atoms with Crippen molar-refractivity contribution in [3.05, 3.63) is 0 Å². The maximum absolute atomic E-state index is 5.65. The molecule has 3 nitrogen and oxygen atoms in total. The summed E-state index contributed by atoms with van der Waals surface area (Å²) in [5.41, 5.74) is 5.65. The summed E-state index contributed by atoms with van der Waals surface area (Å²) < 4.78 is 5.40. The second-order valence-electron chi connectivity index (χ2n) is 4.45. The highest BCUT2D eigenvalue weighted by atomic mass is 16.5. The number of ether oxygens (including phenoxy) is 1. The molecule has 0 radical (unpaired) electrons. The Bertz CT molecular complexity index is 169. The zero-order valence-electron chi connectivity index (χ0n) is 8.95. The molecule has 14 heavy (non-hydrogen) atoms. The number of nitrogens with zero attached hydrogens (tertiary/aromatic N) is 1. The van der Waals surface area contributed by atoms with Crippen molar-refractivity contribution in [3.63, 3.8) is 0 Å². The third-order valence-corrected chi connectivity index (χ3v) is 3.58. The lowest BCUT2D eigenvalue weighted by atomic mass is 10.0. The zero-order valence-corrected chi connectivity index (χ0v) is 8.95. The van der Waals surface area contributed by atoms with Crippen molar-refractivity contribution in [1.29, 1.82) is 0 Å². The van der Waals surface area contributed by atoms with Gasteiger partial charge in [0.15, 0.2) is 0 Å². The lowest BCUT2D eigenvalue weighted by molar-refractivity contribution is 0.0285. The molecule has 0 saturated carbocycles. The van der Waals surface area contributed by atoms with Crippen LogP contribution in [0.4, 0.5) is 0 Å². The van der Waals surface area contributed by atoms with Gasteiger partial charge in [0.2, 0.25) is 0 Å². The summed E-state index contributed by atoms with van der Waals surface area (Å²) in [7, 11) is 0. The summed E-state index contributed by atoms with van der Waals surface area (Å²) >= 11 is 0. The second kappa shape index (κ2) is 5.10. The molecule has 0 unspecified atom stereocenters. The summed E-state index contributed by atoms with van der Waals surface area (Å²) in [6.07, 6.45) is 6.34. The average molecular weight is 198 g/mol. The molecular weight excluding hydrogens is 176 g/mol. The van der Waals surface area contributed by atoms with Crippen LogP contribution in [0.3, 0.4) is 0 Å². The molecule has 2 aliphatic rings. The van der Waals surface area contributed by atoms with E-state index in [4.69, 9.17) is 10.5 Å². The largest absolute Gasteiger partial charge is 0.381 e. The lowest BCUT2D eigenvalue weighted by Crippen LogP contribution is -2.43. The van der Waals surface area contributed by atoms with Crippen molar-refractivity contribution < 1.29 is 4.74 Å². The Hall–Kier alpha value is -0.120. The molecule has 3 heteroatoms. The average Bonchev–Trinajstić information content (AvgIpc) is 2.68. The van der Waals surface area contributed by atoms with E-state index in [0.717, 1.165) is 31.8 Å². The number of hydrogen-bond donors (Lipinski definition) is 1. The van der Waals surface area contributed by atoms with Crippen molar-refractivity contribution >= 4 is 0 Å². The molecule has 2 aliphatic heterocycles. The van der Waals surface area contributed by atoms with E-state index in [1.165, 1.54) is 38.6 Å². The summed E-state index contributed by atoms with van der Waals surface area (Å²) in [4.78, 5) is 2.69. The molecule has 2 N–H and O–H groups in total. The molecule has 1 atom stereocenters. The minimum Gasteiger partial charge on any atom is -0.381 e. The smallest absolute Gasteiger partial charge is 0.0480 e. The fourth-order valence-corrected chi connectivity index (χ4v) is 2.86. The predicted molar refractivity (Wildman–Crippen MR) is 57.2 cm³/mol. The van der Waals surface area contributed by atoms with Gasteiger partial charge in [-0.25, -0.2) is 0 Å². The normalized spacial score (nSPS) is 31.1. The number of rotatable bonds is 3. The summed E-state index contributed by atoms with van der Waals surface area (Å²) in [6.45, 7) is 4.03. The Labute approximate surface area is 86.6 Å². The fraction of sp³-hybridized carbons (Fsp3) is 1.00. The Morgan fingerprint density at radius 2 is 2.00 bits per heavy atom. The van der Waals surface area contributed by atoms with Gasteiger partial charge in [0, 0.05) is 25.3 Å². The first kappa shape index (κ1) is 10.4. The molecule has 0 aromatic heterocycles. The van der Waals surface area contributed by atoms with Crippen LogP contribution in [-0.2, 0) is 4.74 Å². The molecular formula is C11H22N2O. The maximum Gasteiger partial charge on any atom is 0.0480 e. The van der Waals surface area contributed by atoms with Crippen LogP contribution >= 0.6 is 0 Å². The van der Waals surface area contributed by atoms with Crippen LogP contribution in [0, 0.1) is 0 Å². The van der Waals surface area contributed by atoms with Crippen molar-refractivity contribution in [1.82, 2.24) is 4.90 Å². The molecule has 0 aliphatic carbocycles. The Kier molecular flexibility index (Phi) is 3.79. The molecule has 2 fully saturated rings. The number of nitrogens with two attached hydrogens (primary N) is 1. The highest BCUT2D eigenvalue weighted by molar-refractivity contribution is 4.86. The lowest BCUT2D eigenvalue weighted by Gasteiger charge is -2.35. The number of hydrogen-bond acceptors (Lipinski definition) is 3. The minimum absolute atomic E-state index is 0.767. The van der Waals surface area contributed by atoms with Crippen LogP contribution in [0.2, 0.25) is 0 Å². The summed E-state index contributed by atoms with van der Waals surface area (Å²) in [5.74, 6) is 0. The highest BCUT2D eigenvalue weighted by Gasteiger charge is 2.30. The van der Waals surface area contributed by atoms with Crippen LogP contribution in [0.1, 0.15) is 32.1 Å². The van der Waals surface area contributed by atoms with E-state index in [2.05, 4.69) is 4.90 Å². The molecule has 82 valence electrons. The standard InChI is InChI=1S/C11H22N2O/c12-6-3-10-2-1-7-13(10)11-4-8-14-9-5-11/h10-11H,1-9,12H2/t10-/m0/s1. The van der Waals surface area contributed by atoms with Gasteiger partial charge in [-0.05, 0) is 45.2 Å². The van der Waals surface area contributed by atoms with E-state index in [-0.39, 0.29) is 0 Å². The second-order valence-corrected chi connectivity index (χ2v) is 4.45. The predicted octanol–water partition coefficient (Wildman–Crippen LogP) is 0.979. The van der Waals surface area contributed by atoms with Crippen LogP contribution in [0.25, 0.3) is 0 Å². The molecule has 2 saturated heterocycles. The van der Waals surface area contributed by atoms with E-state index in [9.17, 15) is 0 Å². The molecule has 2 rings (SSSR count). The van der Waals surface area contributed by atoms with Gasteiger partial charge in [0.1, 0.15) is 0 Å². The number of likely N-dealkylation sites (tertiary alicyclic amines) is 1. The first-order valence-electron chi connectivity index (χ1n) is 5.95.